The fourth-order valence-electron chi connectivity index (χ4n) is 1.62. The lowest BCUT2D eigenvalue weighted by Crippen LogP contribution is -2.13. The fraction of sp³-hybridized carbons (Fsp3) is 0.308. The Kier molecular flexibility index (Phi) is 3.28. The van der Waals surface area contributed by atoms with E-state index in [2.05, 4.69) is 25.8 Å². The van der Waals surface area contributed by atoms with Gasteiger partial charge < -0.3 is 0 Å². The van der Waals surface area contributed by atoms with Crippen molar-refractivity contribution in [1.29, 1.82) is 0 Å². The van der Waals surface area contributed by atoms with E-state index in [-0.39, 0.29) is 5.41 Å². The van der Waals surface area contributed by atoms with Gasteiger partial charge in [0.1, 0.15) is 0 Å². The highest BCUT2D eigenvalue weighted by molar-refractivity contribution is 6.43. The highest BCUT2D eigenvalue weighted by atomic mass is 35.5. The van der Waals surface area contributed by atoms with Crippen LogP contribution in [0.25, 0.3) is 10.9 Å². The molecule has 2 rings (SSSR count). The minimum Gasteiger partial charge on any atom is -0.252 e. The Morgan fingerprint density at radius 1 is 0.941 bits per heavy atom. The number of halogens is 3. The molecule has 1 aromatic carbocycles. The number of rotatable bonds is 0. The summed E-state index contributed by atoms with van der Waals surface area (Å²) in [6.07, 6.45) is 0. The van der Waals surface area contributed by atoms with E-state index >= 15 is 0 Å². The number of benzene rings is 1. The molecule has 0 radical (unpaired) electrons. The molecule has 0 unspecified atom stereocenters. The maximum Gasteiger partial charge on any atom is 0.0750 e. The number of aromatic nitrogens is 1. The van der Waals surface area contributed by atoms with Crippen molar-refractivity contribution in [3.8, 4) is 0 Å². The average Bonchev–Trinajstić information content (AvgIpc) is 2.13. The van der Waals surface area contributed by atoms with Crippen molar-refractivity contribution in [2.24, 2.45) is 0 Å². The van der Waals surface area contributed by atoms with Crippen LogP contribution >= 0.6 is 34.8 Å². The van der Waals surface area contributed by atoms with Crippen molar-refractivity contribution in [3.63, 3.8) is 0 Å². The smallest absolute Gasteiger partial charge is 0.0750 e. The van der Waals surface area contributed by atoms with Crippen molar-refractivity contribution in [1.82, 2.24) is 4.98 Å². The summed E-state index contributed by atoms with van der Waals surface area (Å²) < 4.78 is 0. The summed E-state index contributed by atoms with van der Waals surface area (Å²) in [4.78, 5) is 4.58. The predicted molar refractivity (Wildman–Crippen MR) is 75.5 cm³/mol. The van der Waals surface area contributed by atoms with E-state index < -0.39 is 0 Å². The maximum absolute atomic E-state index is 6.26. The van der Waals surface area contributed by atoms with E-state index in [1.165, 1.54) is 0 Å². The van der Waals surface area contributed by atoms with Crippen molar-refractivity contribution in [3.05, 3.63) is 39.0 Å². The molecule has 1 nitrogen and oxygen atoms in total. The monoisotopic (exact) mass is 287 g/mol. The van der Waals surface area contributed by atoms with Crippen LogP contribution in [0.15, 0.2) is 18.2 Å². The minimum absolute atomic E-state index is 0.0629. The zero-order valence-electron chi connectivity index (χ0n) is 9.81. The molecule has 0 aliphatic rings. The van der Waals surface area contributed by atoms with Gasteiger partial charge in [0.2, 0.25) is 0 Å². The number of fused-ring (bicyclic) bond motifs is 1. The van der Waals surface area contributed by atoms with Crippen LogP contribution in [0.4, 0.5) is 0 Å². The van der Waals surface area contributed by atoms with Gasteiger partial charge in [-0.2, -0.15) is 0 Å². The maximum atomic E-state index is 6.26. The van der Waals surface area contributed by atoms with Crippen molar-refractivity contribution in [2.45, 2.75) is 26.2 Å². The van der Waals surface area contributed by atoms with Crippen LogP contribution in [0.5, 0.6) is 0 Å². The van der Waals surface area contributed by atoms with Crippen molar-refractivity contribution in [2.75, 3.05) is 0 Å². The molecule has 1 heterocycles. The summed E-state index contributed by atoms with van der Waals surface area (Å²) in [5, 5.41) is 2.47. The molecule has 0 aliphatic carbocycles. The third-order valence-electron chi connectivity index (χ3n) is 2.55. The quantitative estimate of drug-likeness (QED) is 0.624. The molecule has 0 saturated carbocycles. The molecule has 0 spiro atoms. The van der Waals surface area contributed by atoms with Gasteiger partial charge in [-0.15, -0.1) is 0 Å². The molecular formula is C13H12Cl3N. The van der Waals surface area contributed by atoms with Crippen LogP contribution in [0.3, 0.4) is 0 Å². The second-order valence-corrected chi connectivity index (χ2v) is 6.27. The topological polar surface area (TPSA) is 12.9 Å². The molecule has 4 heteroatoms. The third kappa shape index (κ3) is 2.52. The molecule has 0 saturated heterocycles. The Bertz CT molecular complexity index is 585. The first-order valence-electron chi connectivity index (χ1n) is 5.25. The second-order valence-electron chi connectivity index (χ2n) is 5.02. The van der Waals surface area contributed by atoms with Gasteiger partial charge in [-0.05, 0) is 18.2 Å². The molecule has 0 bridgehead atoms. The average molecular weight is 289 g/mol. The summed E-state index contributed by atoms with van der Waals surface area (Å²) in [6.45, 7) is 6.26. The van der Waals surface area contributed by atoms with E-state index in [1.807, 2.05) is 6.07 Å². The first-order valence-corrected chi connectivity index (χ1v) is 6.38. The zero-order chi connectivity index (χ0) is 12.8. The Morgan fingerprint density at radius 3 is 2.12 bits per heavy atom. The van der Waals surface area contributed by atoms with E-state index in [9.17, 15) is 0 Å². The van der Waals surface area contributed by atoms with Crippen LogP contribution in [-0.4, -0.2) is 4.98 Å². The Hall–Kier alpha value is -0.500. The second kappa shape index (κ2) is 4.31. The normalized spacial score (nSPS) is 12.1. The van der Waals surface area contributed by atoms with Gasteiger partial charge in [-0.1, -0.05) is 55.6 Å². The summed E-state index contributed by atoms with van der Waals surface area (Å²) >= 11 is 18.4. The van der Waals surface area contributed by atoms with Gasteiger partial charge in [0.15, 0.2) is 0 Å². The molecule has 90 valence electrons. The van der Waals surface area contributed by atoms with Gasteiger partial charge in [0.25, 0.3) is 0 Å². The van der Waals surface area contributed by atoms with E-state index in [4.69, 9.17) is 34.8 Å². The van der Waals surface area contributed by atoms with Gasteiger partial charge in [-0.3, -0.25) is 4.98 Å². The standard InChI is InChI=1S/C13H12Cl3N/c1-13(2,3)11-6-9(16)12-8(15)4-7(14)5-10(12)17-11/h4-6H,1-3H3. The lowest BCUT2D eigenvalue weighted by molar-refractivity contribution is 0.571. The first-order chi connectivity index (χ1) is 7.79. The number of pyridine rings is 1. The third-order valence-corrected chi connectivity index (χ3v) is 3.36. The van der Waals surface area contributed by atoms with Gasteiger partial charge in [0.05, 0.1) is 15.6 Å². The molecular weight excluding hydrogens is 277 g/mol. The molecule has 17 heavy (non-hydrogen) atoms. The number of hydrogen-bond acceptors (Lipinski definition) is 1. The number of nitrogens with zero attached hydrogens (tertiary/aromatic N) is 1. The highest BCUT2D eigenvalue weighted by Crippen LogP contribution is 2.35. The van der Waals surface area contributed by atoms with Crippen LogP contribution < -0.4 is 0 Å². The van der Waals surface area contributed by atoms with Gasteiger partial charge in [-0.25, -0.2) is 0 Å². The summed E-state index contributed by atoms with van der Waals surface area (Å²) in [5.41, 5.74) is 1.60. The predicted octanol–water partition coefficient (Wildman–Crippen LogP) is 5.49. The SMILES string of the molecule is CC(C)(C)c1cc(Cl)c2c(Cl)cc(Cl)cc2n1. The molecule has 0 atom stereocenters. The lowest BCUT2D eigenvalue weighted by atomic mass is 9.91. The summed E-state index contributed by atoms with van der Waals surface area (Å²) in [6, 6.07) is 5.32. The lowest BCUT2D eigenvalue weighted by Gasteiger charge is -2.19. The minimum atomic E-state index is -0.0629. The van der Waals surface area contributed by atoms with Crippen LogP contribution in [0.2, 0.25) is 15.1 Å². The fourth-order valence-corrected chi connectivity index (χ4v) is 2.56. The van der Waals surface area contributed by atoms with Gasteiger partial charge in [0, 0.05) is 21.5 Å². The molecule has 0 aliphatic heterocycles. The van der Waals surface area contributed by atoms with E-state index in [0.29, 0.717) is 15.1 Å². The molecule has 2 aromatic rings. The zero-order valence-corrected chi connectivity index (χ0v) is 12.1. The largest absolute Gasteiger partial charge is 0.252 e. The van der Waals surface area contributed by atoms with Gasteiger partial charge >= 0.3 is 0 Å². The Balaban J connectivity index is 2.82. The van der Waals surface area contributed by atoms with E-state index in [1.54, 1.807) is 12.1 Å². The Labute approximate surface area is 116 Å². The molecule has 0 amide bonds. The van der Waals surface area contributed by atoms with Crippen LogP contribution in [0.1, 0.15) is 26.5 Å². The highest BCUT2D eigenvalue weighted by Gasteiger charge is 2.18. The van der Waals surface area contributed by atoms with Crippen LogP contribution in [-0.2, 0) is 5.41 Å². The summed E-state index contributed by atoms with van der Waals surface area (Å²) in [5.74, 6) is 0. The van der Waals surface area contributed by atoms with Crippen molar-refractivity contribution >= 4 is 45.7 Å². The van der Waals surface area contributed by atoms with E-state index in [0.717, 1.165) is 16.6 Å². The Morgan fingerprint density at radius 2 is 1.53 bits per heavy atom. The summed E-state index contributed by atoms with van der Waals surface area (Å²) in [7, 11) is 0. The first kappa shape index (κ1) is 12.9. The molecule has 0 N–H and O–H groups in total. The number of hydrogen-bond donors (Lipinski definition) is 0. The molecule has 1 aromatic heterocycles. The molecule has 0 fully saturated rings. The van der Waals surface area contributed by atoms with Crippen molar-refractivity contribution < 1.29 is 0 Å². The van der Waals surface area contributed by atoms with Crippen LogP contribution in [0, 0.1) is 0 Å².